The maximum Gasteiger partial charge on any atom is 0.319 e. The molecule has 2 N–H and O–H groups in total. The van der Waals surface area contributed by atoms with Gasteiger partial charge in [-0.2, -0.15) is 0 Å². The van der Waals surface area contributed by atoms with Crippen molar-refractivity contribution in [2.24, 2.45) is 0 Å². The number of hydrogen-bond acceptors (Lipinski definition) is 3. The fraction of sp³-hybridized carbons (Fsp3) is 0.222. The molecule has 3 amide bonds. The monoisotopic (exact) mass is 343 g/mol. The molecule has 1 aliphatic rings. The second-order valence-electron chi connectivity index (χ2n) is 5.71. The van der Waals surface area contributed by atoms with E-state index in [2.05, 4.69) is 10.6 Å². The van der Waals surface area contributed by atoms with Crippen LogP contribution in [0.15, 0.2) is 48.5 Å². The van der Waals surface area contributed by atoms with Crippen molar-refractivity contribution in [3.63, 3.8) is 0 Å². The van der Waals surface area contributed by atoms with Crippen molar-refractivity contribution in [3.05, 3.63) is 54.3 Å². The number of nitrogens with one attached hydrogen (secondary N) is 2. The summed E-state index contributed by atoms with van der Waals surface area (Å²) in [4.78, 5) is 25.8. The highest BCUT2D eigenvalue weighted by atomic mass is 19.1. The van der Waals surface area contributed by atoms with E-state index >= 15 is 0 Å². The zero-order valence-electron chi connectivity index (χ0n) is 13.7. The average Bonchev–Trinajstić information content (AvgIpc) is 2.96. The predicted octanol–water partition coefficient (Wildman–Crippen LogP) is 2.76. The van der Waals surface area contributed by atoms with Crippen LogP contribution in [0.4, 0.5) is 20.6 Å². The van der Waals surface area contributed by atoms with Gasteiger partial charge in [0.2, 0.25) is 5.91 Å². The molecule has 25 heavy (non-hydrogen) atoms. The van der Waals surface area contributed by atoms with Crippen molar-refractivity contribution in [2.45, 2.75) is 12.5 Å². The molecule has 1 atom stereocenters. The highest BCUT2D eigenvalue weighted by Gasteiger charge is 2.31. The van der Waals surface area contributed by atoms with E-state index in [1.54, 1.807) is 43.5 Å². The Bertz CT molecular complexity index is 762. The van der Waals surface area contributed by atoms with Crippen molar-refractivity contribution in [2.75, 3.05) is 23.9 Å². The molecule has 7 heteroatoms. The van der Waals surface area contributed by atoms with Crippen molar-refractivity contribution in [3.8, 4) is 5.75 Å². The molecule has 130 valence electrons. The average molecular weight is 343 g/mol. The van der Waals surface area contributed by atoms with E-state index in [4.69, 9.17) is 4.74 Å². The van der Waals surface area contributed by atoms with E-state index in [0.29, 0.717) is 23.7 Å². The zero-order valence-corrected chi connectivity index (χ0v) is 13.7. The first-order chi connectivity index (χ1) is 12.0. The number of carbonyl (C=O) groups is 2. The Morgan fingerprint density at radius 1 is 1.16 bits per heavy atom. The van der Waals surface area contributed by atoms with Crippen LogP contribution in [0.3, 0.4) is 0 Å². The summed E-state index contributed by atoms with van der Waals surface area (Å²) in [6.45, 7) is 0.348. The van der Waals surface area contributed by atoms with Crippen LogP contribution >= 0.6 is 0 Å². The van der Waals surface area contributed by atoms with Crippen molar-refractivity contribution >= 4 is 23.3 Å². The number of amides is 3. The summed E-state index contributed by atoms with van der Waals surface area (Å²) >= 11 is 0. The molecule has 0 unspecified atom stereocenters. The van der Waals surface area contributed by atoms with E-state index < -0.39 is 0 Å². The molecule has 3 rings (SSSR count). The van der Waals surface area contributed by atoms with Crippen molar-refractivity contribution < 1.29 is 18.7 Å². The Kier molecular flexibility index (Phi) is 4.83. The van der Waals surface area contributed by atoms with Crippen LogP contribution in [0, 0.1) is 5.82 Å². The summed E-state index contributed by atoms with van der Waals surface area (Å²) < 4.78 is 18.1. The topological polar surface area (TPSA) is 70.7 Å². The molecule has 0 saturated carbocycles. The number of hydrogen-bond donors (Lipinski definition) is 2. The number of carbonyl (C=O) groups excluding carboxylic acids is 2. The summed E-state index contributed by atoms with van der Waals surface area (Å²) in [6.07, 6.45) is 0.202. The second kappa shape index (κ2) is 7.21. The van der Waals surface area contributed by atoms with Crippen LogP contribution in [-0.2, 0) is 4.79 Å². The van der Waals surface area contributed by atoms with Gasteiger partial charge in [-0.1, -0.05) is 0 Å². The van der Waals surface area contributed by atoms with Crippen LogP contribution in [0.2, 0.25) is 0 Å². The normalized spacial score (nSPS) is 16.6. The standard InChI is InChI=1S/C18H18FN3O3/c1-25-16-8-4-13(5-9-16)20-18(24)21-14-10-17(23)22(11-14)15-6-2-12(19)3-7-15/h2-9,14H,10-11H2,1H3,(H2,20,21,24)/t14-/m0/s1. The Morgan fingerprint density at radius 3 is 2.48 bits per heavy atom. The quantitative estimate of drug-likeness (QED) is 0.897. The lowest BCUT2D eigenvalue weighted by Gasteiger charge is -2.17. The van der Waals surface area contributed by atoms with Gasteiger partial charge in [0.15, 0.2) is 0 Å². The Labute approximate surface area is 144 Å². The number of urea groups is 1. The van der Waals surface area contributed by atoms with E-state index in [9.17, 15) is 14.0 Å². The maximum absolute atomic E-state index is 13.0. The first-order valence-electron chi connectivity index (χ1n) is 7.82. The van der Waals surface area contributed by atoms with Gasteiger partial charge in [0, 0.05) is 24.3 Å². The third-order valence-electron chi connectivity index (χ3n) is 3.95. The van der Waals surface area contributed by atoms with Gasteiger partial charge in [-0.3, -0.25) is 4.79 Å². The number of nitrogens with zero attached hydrogens (tertiary/aromatic N) is 1. The summed E-state index contributed by atoms with van der Waals surface area (Å²) in [5.74, 6) is 0.229. The molecule has 1 fully saturated rings. The highest BCUT2D eigenvalue weighted by Crippen LogP contribution is 2.22. The van der Waals surface area contributed by atoms with Crippen molar-refractivity contribution in [1.82, 2.24) is 5.32 Å². The van der Waals surface area contributed by atoms with Crippen LogP contribution in [0.1, 0.15) is 6.42 Å². The van der Waals surface area contributed by atoms with Crippen LogP contribution in [0.5, 0.6) is 5.75 Å². The highest BCUT2D eigenvalue weighted by molar-refractivity contribution is 5.97. The maximum atomic E-state index is 13.0. The summed E-state index contributed by atoms with van der Waals surface area (Å²) in [5, 5.41) is 5.49. The number of halogens is 1. The van der Waals surface area contributed by atoms with Gasteiger partial charge in [-0.15, -0.1) is 0 Å². The number of ether oxygens (including phenoxy) is 1. The van der Waals surface area contributed by atoms with Crippen molar-refractivity contribution in [1.29, 1.82) is 0 Å². The van der Waals surface area contributed by atoms with Crippen LogP contribution in [0.25, 0.3) is 0 Å². The molecule has 0 spiro atoms. The van der Waals surface area contributed by atoms with Gasteiger partial charge in [0.05, 0.1) is 13.2 Å². The molecule has 0 aliphatic carbocycles. The minimum atomic E-state index is -0.385. The second-order valence-corrected chi connectivity index (χ2v) is 5.71. The Morgan fingerprint density at radius 2 is 1.84 bits per heavy atom. The van der Waals surface area contributed by atoms with Gasteiger partial charge in [0.1, 0.15) is 11.6 Å². The number of rotatable bonds is 4. The molecule has 2 aromatic carbocycles. The molecule has 1 heterocycles. The number of benzene rings is 2. The molecule has 6 nitrogen and oxygen atoms in total. The van der Waals surface area contributed by atoms with Crippen LogP contribution < -0.4 is 20.3 Å². The smallest absolute Gasteiger partial charge is 0.319 e. The lowest BCUT2D eigenvalue weighted by atomic mass is 10.2. The fourth-order valence-corrected chi connectivity index (χ4v) is 2.70. The lowest BCUT2D eigenvalue weighted by molar-refractivity contribution is -0.117. The molecule has 0 aromatic heterocycles. The van der Waals surface area contributed by atoms with E-state index in [1.165, 1.54) is 17.0 Å². The summed E-state index contributed by atoms with van der Waals surface area (Å²) in [7, 11) is 1.57. The van der Waals surface area contributed by atoms with Gasteiger partial charge in [0.25, 0.3) is 0 Å². The summed E-state index contributed by atoms with van der Waals surface area (Å²) in [5.41, 5.74) is 1.24. The van der Waals surface area contributed by atoms with E-state index in [1.807, 2.05) is 0 Å². The van der Waals surface area contributed by atoms with E-state index in [-0.39, 0.29) is 30.2 Å². The van der Waals surface area contributed by atoms with Crippen LogP contribution in [-0.4, -0.2) is 31.6 Å². The minimum Gasteiger partial charge on any atom is -0.497 e. The fourth-order valence-electron chi connectivity index (χ4n) is 2.70. The first-order valence-corrected chi connectivity index (χ1v) is 7.82. The number of methoxy groups -OCH3 is 1. The Hall–Kier alpha value is -3.09. The largest absolute Gasteiger partial charge is 0.497 e. The molecule has 0 radical (unpaired) electrons. The summed E-state index contributed by atoms with van der Waals surface area (Å²) in [6, 6.07) is 11.9. The molecule has 1 aliphatic heterocycles. The van der Waals surface area contributed by atoms with Gasteiger partial charge >= 0.3 is 6.03 Å². The predicted molar refractivity (Wildman–Crippen MR) is 92.3 cm³/mol. The minimum absolute atomic E-state index is 0.110. The van der Waals surface area contributed by atoms with E-state index in [0.717, 1.165) is 0 Å². The molecular formula is C18H18FN3O3. The van der Waals surface area contributed by atoms with Gasteiger partial charge in [-0.05, 0) is 48.5 Å². The van der Waals surface area contributed by atoms with Gasteiger partial charge < -0.3 is 20.3 Å². The Balaban J connectivity index is 1.57. The molecular weight excluding hydrogens is 325 g/mol. The lowest BCUT2D eigenvalue weighted by Crippen LogP contribution is -2.39. The number of anilines is 2. The molecule has 2 aromatic rings. The SMILES string of the molecule is COc1ccc(NC(=O)N[C@H]2CC(=O)N(c3ccc(F)cc3)C2)cc1. The zero-order chi connectivity index (χ0) is 17.8. The molecule has 1 saturated heterocycles. The third kappa shape index (κ3) is 4.06. The third-order valence-corrected chi connectivity index (χ3v) is 3.95. The molecule has 0 bridgehead atoms. The first kappa shape index (κ1) is 16.8. The van der Waals surface area contributed by atoms with Gasteiger partial charge in [-0.25, -0.2) is 9.18 Å².